The summed E-state index contributed by atoms with van der Waals surface area (Å²) in [5.41, 5.74) is 15.1. The fourth-order valence-corrected chi connectivity index (χ4v) is 2.61. The largest absolute Gasteiger partial charge is 0.384 e. The highest BCUT2D eigenvalue weighted by Gasteiger charge is 2.11. The molecule has 0 aliphatic carbocycles. The Bertz CT molecular complexity index is 810. The van der Waals surface area contributed by atoms with E-state index in [4.69, 9.17) is 34.7 Å². The lowest BCUT2D eigenvalue weighted by Crippen LogP contribution is -2.04. The molecule has 6 heteroatoms. The van der Waals surface area contributed by atoms with Gasteiger partial charge in [0.25, 0.3) is 0 Å². The van der Waals surface area contributed by atoms with E-state index in [-0.39, 0.29) is 0 Å². The van der Waals surface area contributed by atoms with Crippen molar-refractivity contribution in [3.8, 4) is 16.9 Å². The van der Waals surface area contributed by atoms with Gasteiger partial charge in [-0.15, -0.1) is 0 Å². The second-order valence-corrected chi connectivity index (χ2v) is 5.71. The SMILES string of the molecule is NCc1ccc(-n2nc(-c3ccc(Cl)cc3)cc2N)c(Cl)c1. The highest BCUT2D eigenvalue weighted by Crippen LogP contribution is 2.28. The van der Waals surface area contributed by atoms with Gasteiger partial charge in [-0.2, -0.15) is 5.10 Å². The molecule has 4 N–H and O–H groups in total. The molecule has 0 amide bonds. The number of nitrogens with zero attached hydrogens (tertiary/aromatic N) is 2. The lowest BCUT2D eigenvalue weighted by Gasteiger charge is -2.08. The Balaban J connectivity index is 2.04. The molecule has 0 saturated heterocycles. The van der Waals surface area contributed by atoms with Crippen LogP contribution in [0.3, 0.4) is 0 Å². The summed E-state index contributed by atoms with van der Waals surface area (Å²) in [6.45, 7) is 0.435. The summed E-state index contributed by atoms with van der Waals surface area (Å²) in [5.74, 6) is 0.507. The Labute approximate surface area is 138 Å². The Morgan fingerprint density at radius 1 is 1.00 bits per heavy atom. The van der Waals surface area contributed by atoms with Crippen molar-refractivity contribution >= 4 is 29.0 Å². The second kappa shape index (κ2) is 6.01. The van der Waals surface area contributed by atoms with Gasteiger partial charge in [0.1, 0.15) is 5.82 Å². The Kier molecular flexibility index (Phi) is 4.07. The number of nitrogen functional groups attached to an aromatic ring is 1. The lowest BCUT2D eigenvalue weighted by molar-refractivity contribution is 0.893. The van der Waals surface area contributed by atoms with Gasteiger partial charge in [-0.1, -0.05) is 41.4 Å². The highest BCUT2D eigenvalue weighted by atomic mass is 35.5. The zero-order valence-electron chi connectivity index (χ0n) is 11.6. The summed E-state index contributed by atoms with van der Waals surface area (Å²) in [7, 11) is 0. The summed E-state index contributed by atoms with van der Waals surface area (Å²) in [6, 6.07) is 14.8. The van der Waals surface area contributed by atoms with Gasteiger partial charge in [0.05, 0.1) is 16.4 Å². The second-order valence-electron chi connectivity index (χ2n) is 4.86. The zero-order valence-corrected chi connectivity index (χ0v) is 13.1. The normalized spacial score (nSPS) is 10.9. The van der Waals surface area contributed by atoms with E-state index >= 15 is 0 Å². The first-order valence-corrected chi connectivity index (χ1v) is 7.44. The molecule has 112 valence electrons. The van der Waals surface area contributed by atoms with Gasteiger partial charge in [-0.05, 0) is 29.8 Å². The van der Waals surface area contributed by atoms with Gasteiger partial charge in [-0.25, -0.2) is 4.68 Å². The standard InChI is InChI=1S/C16H14Cl2N4/c17-12-4-2-11(3-5-12)14-8-16(20)22(21-14)15-6-1-10(9-19)7-13(15)18/h1-8H,9,19-20H2. The summed E-state index contributed by atoms with van der Waals surface area (Å²) >= 11 is 12.2. The molecule has 0 radical (unpaired) electrons. The van der Waals surface area contributed by atoms with Crippen LogP contribution >= 0.6 is 23.2 Å². The van der Waals surface area contributed by atoms with E-state index in [0.29, 0.717) is 22.4 Å². The van der Waals surface area contributed by atoms with Crippen LogP contribution in [0.15, 0.2) is 48.5 Å². The van der Waals surface area contributed by atoms with E-state index in [0.717, 1.165) is 22.5 Å². The lowest BCUT2D eigenvalue weighted by atomic mass is 10.1. The summed E-state index contributed by atoms with van der Waals surface area (Å²) in [4.78, 5) is 0. The molecule has 0 atom stereocenters. The predicted octanol–water partition coefficient (Wildman–Crippen LogP) is 3.89. The Morgan fingerprint density at radius 2 is 1.73 bits per heavy atom. The molecule has 22 heavy (non-hydrogen) atoms. The molecule has 0 spiro atoms. The van der Waals surface area contributed by atoms with Crippen LogP contribution in [0, 0.1) is 0 Å². The minimum Gasteiger partial charge on any atom is -0.384 e. The van der Waals surface area contributed by atoms with Crippen molar-refractivity contribution < 1.29 is 0 Å². The number of nitrogens with two attached hydrogens (primary N) is 2. The molecule has 0 aliphatic rings. The fraction of sp³-hybridized carbons (Fsp3) is 0.0625. The minimum absolute atomic E-state index is 0.435. The van der Waals surface area contributed by atoms with Crippen LogP contribution in [0.2, 0.25) is 10.0 Å². The summed E-state index contributed by atoms with van der Waals surface area (Å²) < 4.78 is 1.62. The third-order valence-electron chi connectivity index (χ3n) is 3.35. The van der Waals surface area contributed by atoms with Crippen molar-refractivity contribution in [1.29, 1.82) is 0 Å². The van der Waals surface area contributed by atoms with Crippen LogP contribution in [0.1, 0.15) is 5.56 Å². The molecule has 0 bridgehead atoms. The topological polar surface area (TPSA) is 69.9 Å². The average molecular weight is 333 g/mol. The number of rotatable bonds is 3. The molecule has 4 nitrogen and oxygen atoms in total. The maximum atomic E-state index is 6.30. The third-order valence-corrected chi connectivity index (χ3v) is 3.91. The maximum Gasteiger partial charge on any atom is 0.127 e. The number of anilines is 1. The van der Waals surface area contributed by atoms with Crippen molar-refractivity contribution in [2.75, 3.05) is 5.73 Å². The van der Waals surface area contributed by atoms with Gasteiger partial charge in [0, 0.05) is 23.2 Å². The quantitative estimate of drug-likeness (QED) is 0.764. The summed E-state index contributed by atoms with van der Waals surface area (Å²) in [5, 5.41) is 5.76. The van der Waals surface area contributed by atoms with E-state index in [1.807, 2.05) is 42.5 Å². The molecule has 0 saturated carbocycles. The van der Waals surface area contributed by atoms with Crippen molar-refractivity contribution in [2.24, 2.45) is 5.73 Å². The molecule has 0 unspecified atom stereocenters. The Morgan fingerprint density at radius 3 is 2.36 bits per heavy atom. The van der Waals surface area contributed by atoms with Gasteiger partial charge < -0.3 is 11.5 Å². The van der Waals surface area contributed by atoms with Gasteiger partial charge >= 0.3 is 0 Å². The molecule has 3 rings (SSSR count). The number of hydrogen-bond donors (Lipinski definition) is 2. The minimum atomic E-state index is 0.435. The van der Waals surface area contributed by atoms with Crippen LogP contribution in [0.4, 0.5) is 5.82 Å². The maximum absolute atomic E-state index is 6.30. The molecule has 3 aromatic rings. The Hall–Kier alpha value is -2.01. The zero-order chi connectivity index (χ0) is 15.7. The first-order valence-electron chi connectivity index (χ1n) is 6.69. The van der Waals surface area contributed by atoms with E-state index < -0.39 is 0 Å². The van der Waals surface area contributed by atoms with Gasteiger partial charge in [0.2, 0.25) is 0 Å². The molecular weight excluding hydrogens is 319 g/mol. The first kappa shape index (κ1) is 14.9. The molecule has 1 heterocycles. The molecule has 0 aliphatic heterocycles. The number of halogens is 2. The fourth-order valence-electron chi connectivity index (χ4n) is 2.20. The van der Waals surface area contributed by atoms with Crippen LogP contribution < -0.4 is 11.5 Å². The van der Waals surface area contributed by atoms with Gasteiger partial charge in [-0.3, -0.25) is 0 Å². The van der Waals surface area contributed by atoms with E-state index in [9.17, 15) is 0 Å². The van der Waals surface area contributed by atoms with Crippen LogP contribution in [0.25, 0.3) is 16.9 Å². The molecule has 0 fully saturated rings. The average Bonchev–Trinajstić information content (AvgIpc) is 2.89. The first-order chi connectivity index (χ1) is 10.6. The number of hydrogen-bond acceptors (Lipinski definition) is 3. The molecule has 1 aromatic heterocycles. The van der Waals surface area contributed by atoms with E-state index in [1.165, 1.54) is 0 Å². The molecule has 2 aromatic carbocycles. The van der Waals surface area contributed by atoms with Crippen molar-refractivity contribution in [3.63, 3.8) is 0 Å². The van der Waals surface area contributed by atoms with E-state index in [2.05, 4.69) is 5.10 Å². The monoisotopic (exact) mass is 332 g/mol. The third kappa shape index (κ3) is 2.81. The number of aromatic nitrogens is 2. The summed E-state index contributed by atoms with van der Waals surface area (Å²) in [6.07, 6.45) is 0. The van der Waals surface area contributed by atoms with Crippen molar-refractivity contribution in [1.82, 2.24) is 9.78 Å². The smallest absolute Gasteiger partial charge is 0.127 e. The van der Waals surface area contributed by atoms with Crippen LogP contribution in [-0.4, -0.2) is 9.78 Å². The van der Waals surface area contributed by atoms with E-state index in [1.54, 1.807) is 10.7 Å². The van der Waals surface area contributed by atoms with Gasteiger partial charge in [0.15, 0.2) is 0 Å². The van der Waals surface area contributed by atoms with Crippen LogP contribution in [-0.2, 0) is 6.54 Å². The number of benzene rings is 2. The van der Waals surface area contributed by atoms with Crippen molar-refractivity contribution in [3.05, 3.63) is 64.1 Å². The van der Waals surface area contributed by atoms with Crippen LogP contribution in [0.5, 0.6) is 0 Å². The predicted molar refractivity (Wildman–Crippen MR) is 91.3 cm³/mol. The van der Waals surface area contributed by atoms with Crippen molar-refractivity contribution in [2.45, 2.75) is 6.54 Å². The molecular formula is C16H14Cl2N4. The highest BCUT2D eigenvalue weighted by molar-refractivity contribution is 6.32.